The Morgan fingerprint density at radius 2 is 1.93 bits per heavy atom. The Hall–Kier alpha value is -3.30. The Balaban J connectivity index is 1.57. The molecule has 0 aromatic heterocycles. The number of carboxylic acids is 1. The zero-order valence-corrected chi connectivity index (χ0v) is 23.7. The number of aliphatic carboxylic acids is 1. The summed E-state index contributed by atoms with van der Waals surface area (Å²) in [5.41, 5.74) is 7.83. The van der Waals surface area contributed by atoms with Gasteiger partial charge in [-0.3, -0.25) is 14.5 Å². The maximum Gasteiger partial charge on any atom is 0.308 e. The van der Waals surface area contributed by atoms with Crippen LogP contribution >= 0.6 is 0 Å². The zero-order valence-electron chi connectivity index (χ0n) is 23.7. The molecule has 1 fully saturated rings. The van der Waals surface area contributed by atoms with E-state index in [1.165, 1.54) is 0 Å². The molecule has 1 saturated heterocycles. The number of likely N-dealkylation sites (tertiary alicyclic amines) is 1. The van der Waals surface area contributed by atoms with Gasteiger partial charge in [-0.05, 0) is 55.1 Å². The minimum Gasteiger partial charge on any atom is -0.493 e. The van der Waals surface area contributed by atoms with Crippen molar-refractivity contribution in [2.75, 3.05) is 53.0 Å². The van der Waals surface area contributed by atoms with E-state index in [1.807, 2.05) is 41.3 Å². The number of rotatable bonds is 15. The number of unbranched alkanes of at least 4 members (excludes halogenated alkanes) is 1. The third-order valence-corrected chi connectivity index (χ3v) is 8.02. The van der Waals surface area contributed by atoms with Gasteiger partial charge in [0, 0.05) is 38.0 Å². The highest BCUT2D eigenvalue weighted by Gasteiger charge is 2.47. The Kier molecular flexibility index (Phi) is 10.7. The summed E-state index contributed by atoms with van der Waals surface area (Å²) in [6.07, 6.45) is 3.93. The van der Waals surface area contributed by atoms with Gasteiger partial charge in [0.15, 0.2) is 11.5 Å². The lowest BCUT2D eigenvalue weighted by Gasteiger charge is -2.29. The summed E-state index contributed by atoms with van der Waals surface area (Å²) in [6.45, 7) is 5.52. The number of ether oxygens (including phenoxy) is 3. The van der Waals surface area contributed by atoms with Crippen molar-refractivity contribution in [3.8, 4) is 17.2 Å². The van der Waals surface area contributed by atoms with Gasteiger partial charge < -0.3 is 30.0 Å². The molecule has 1 amide bonds. The van der Waals surface area contributed by atoms with E-state index in [-0.39, 0.29) is 24.4 Å². The number of hydrogen-bond donors (Lipinski definition) is 2. The first-order chi connectivity index (χ1) is 19.5. The van der Waals surface area contributed by atoms with Crippen LogP contribution in [0.15, 0.2) is 42.5 Å². The first-order valence-corrected chi connectivity index (χ1v) is 14.4. The molecule has 3 atom stereocenters. The van der Waals surface area contributed by atoms with Crippen molar-refractivity contribution in [3.63, 3.8) is 0 Å². The summed E-state index contributed by atoms with van der Waals surface area (Å²) in [6, 6.07) is 13.1. The standard InChI is InChI=1S/C31H43N3O6/c1-3-4-15-33(16-7-14-32)29(35)21-34-20-24(22-10-11-26-23(19-22)12-17-39-26)30(31(36)37)25(34)13-18-40-28-9-6-5-8-27(28)38-2/h5-6,8-11,19,24-25,30H,3-4,7,12-18,20-21,32H2,1-2H3,(H,36,37)/t24-,25+,30-/m1/s1. The van der Waals surface area contributed by atoms with Gasteiger partial charge in [-0.1, -0.05) is 37.6 Å². The quantitative estimate of drug-likeness (QED) is 0.344. The molecule has 2 heterocycles. The van der Waals surface area contributed by atoms with Crippen molar-refractivity contribution < 1.29 is 28.9 Å². The normalized spacial score (nSPS) is 20.1. The topological polar surface area (TPSA) is 115 Å². The van der Waals surface area contributed by atoms with Gasteiger partial charge in [-0.2, -0.15) is 0 Å². The zero-order chi connectivity index (χ0) is 28.5. The van der Waals surface area contributed by atoms with Crippen LogP contribution in [-0.2, 0) is 16.0 Å². The average Bonchev–Trinajstić information content (AvgIpc) is 3.57. The van der Waals surface area contributed by atoms with Gasteiger partial charge in [0.1, 0.15) is 5.75 Å². The molecule has 9 heteroatoms. The van der Waals surface area contributed by atoms with Crippen LogP contribution in [0.2, 0.25) is 0 Å². The molecule has 2 aliphatic rings. The lowest BCUT2D eigenvalue weighted by Crippen LogP contribution is -2.45. The molecular weight excluding hydrogens is 510 g/mol. The fraction of sp³-hybridized carbons (Fsp3) is 0.548. The Labute approximate surface area is 237 Å². The van der Waals surface area contributed by atoms with E-state index in [1.54, 1.807) is 7.11 Å². The summed E-state index contributed by atoms with van der Waals surface area (Å²) >= 11 is 0. The van der Waals surface area contributed by atoms with Crippen LogP contribution in [0.4, 0.5) is 0 Å². The van der Waals surface area contributed by atoms with E-state index in [9.17, 15) is 14.7 Å². The monoisotopic (exact) mass is 553 g/mol. The molecule has 0 aliphatic carbocycles. The van der Waals surface area contributed by atoms with Crippen molar-refractivity contribution in [3.05, 3.63) is 53.6 Å². The summed E-state index contributed by atoms with van der Waals surface area (Å²) < 4.78 is 17.1. The van der Waals surface area contributed by atoms with Crippen LogP contribution in [0.3, 0.4) is 0 Å². The molecule has 2 aromatic carbocycles. The molecule has 0 saturated carbocycles. The molecule has 4 rings (SSSR count). The minimum absolute atomic E-state index is 0.0182. The number of nitrogens with two attached hydrogens (primary N) is 1. The summed E-state index contributed by atoms with van der Waals surface area (Å²) in [7, 11) is 1.59. The molecule has 2 aliphatic heterocycles. The van der Waals surface area contributed by atoms with Crippen molar-refractivity contribution >= 4 is 11.9 Å². The molecule has 2 aromatic rings. The number of amides is 1. The SMILES string of the molecule is CCCCN(CCCN)C(=O)CN1C[C@H](c2ccc3c(c2)CCO3)[C@@H](C(=O)O)[C@@H]1CCOc1ccccc1OC. The highest BCUT2D eigenvalue weighted by molar-refractivity contribution is 5.79. The second kappa shape index (κ2) is 14.4. The van der Waals surface area contributed by atoms with E-state index in [0.717, 1.165) is 42.6 Å². The Bertz CT molecular complexity index is 1130. The molecule has 0 unspecified atom stereocenters. The van der Waals surface area contributed by atoms with Crippen LogP contribution in [0.25, 0.3) is 0 Å². The number of methoxy groups -OCH3 is 1. The van der Waals surface area contributed by atoms with Gasteiger partial charge in [-0.25, -0.2) is 0 Å². The van der Waals surface area contributed by atoms with Crippen molar-refractivity contribution in [1.29, 1.82) is 0 Å². The van der Waals surface area contributed by atoms with Crippen LogP contribution in [0.1, 0.15) is 49.7 Å². The molecular formula is C31H43N3O6. The largest absolute Gasteiger partial charge is 0.493 e. The first-order valence-electron chi connectivity index (χ1n) is 14.4. The van der Waals surface area contributed by atoms with E-state index in [4.69, 9.17) is 19.9 Å². The van der Waals surface area contributed by atoms with Gasteiger partial charge in [-0.15, -0.1) is 0 Å². The Morgan fingerprint density at radius 3 is 2.65 bits per heavy atom. The average molecular weight is 554 g/mol. The number of para-hydroxylation sites is 2. The third-order valence-electron chi connectivity index (χ3n) is 8.02. The fourth-order valence-corrected chi connectivity index (χ4v) is 5.92. The maximum atomic E-state index is 13.5. The second-order valence-corrected chi connectivity index (χ2v) is 10.6. The van der Waals surface area contributed by atoms with Crippen molar-refractivity contribution in [2.24, 2.45) is 11.7 Å². The Morgan fingerprint density at radius 1 is 1.15 bits per heavy atom. The lowest BCUT2D eigenvalue weighted by molar-refractivity contribution is -0.144. The minimum atomic E-state index is -0.857. The number of benzene rings is 2. The molecule has 0 spiro atoms. The molecule has 40 heavy (non-hydrogen) atoms. The van der Waals surface area contributed by atoms with Crippen LogP contribution < -0.4 is 19.9 Å². The molecule has 218 valence electrons. The summed E-state index contributed by atoms with van der Waals surface area (Å²) in [4.78, 5) is 30.3. The van der Waals surface area contributed by atoms with E-state index >= 15 is 0 Å². The number of carboxylic acid groups (broad SMARTS) is 1. The second-order valence-electron chi connectivity index (χ2n) is 10.6. The van der Waals surface area contributed by atoms with E-state index in [2.05, 4.69) is 17.9 Å². The molecule has 9 nitrogen and oxygen atoms in total. The van der Waals surface area contributed by atoms with E-state index < -0.39 is 11.9 Å². The number of hydrogen-bond acceptors (Lipinski definition) is 7. The fourth-order valence-electron chi connectivity index (χ4n) is 5.92. The lowest BCUT2D eigenvalue weighted by atomic mass is 9.83. The highest BCUT2D eigenvalue weighted by atomic mass is 16.5. The van der Waals surface area contributed by atoms with Gasteiger partial charge >= 0.3 is 5.97 Å². The van der Waals surface area contributed by atoms with Gasteiger partial charge in [0.2, 0.25) is 5.91 Å². The third kappa shape index (κ3) is 7.06. The number of nitrogens with zero attached hydrogens (tertiary/aromatic N) is 2. The summed E-state index contributed by atoms with van der Waals surface area (Å²) in [5, 5.41) is 10.5. The van der Waals surface area contributed by atoms with Gasteiger partial charge in [0.05, 0.1) is 32.8 Å². The predicted octanol–water partition coefficient (Wildman–Crippen LogP) is 3.55. The first kappa shape index (κ1) is 29.7. The molecule has 0 bridgehead atoms. The van der Waals surface area contributed by atoms with Crippen molar-refractivity contribution in [1.82, 2.24) is 9.80 Å². The highest BCUT2D eigenvalue weighted by Crippen LogP contribution is 2.41. The van der Waals surface area contributed by atoms with Crippen LogP contribution in [0, 0.1) is 5.92 Å². The van der Waals surface area contributed by atoms with E-state index in [0.29, 0.717) is 57.3 Å². The molecule has 0 radical (unpaired) electrons. The molecule has 3 N–H and O–H groups in total. The number of fused-ring (bicyclic) bond motifs is 1. The number of carbonyl (C=O) groups is 2. The maximum absolute atomic E-state index is 13.5. The smallest absolute Gasteiger partial charge is 0.308 e. The predicted molar refractivity (Wildman–Crippen MR) is 153 cm³/mol. The van der Waals surface area contributed by atoms with Crippen LogP contribution in [-0.4, -0.2) is 85.9 Å². The summed E-state index contributed by atoms with van der Waals surface area (Å²) in [5.74, 6) is 0.340. The van der Waals surface area contributed by atoms with Crippen molar-refractivity contribution in [2.45, 2.75) is 51.0 Å². The number of carbonyl (C=O) groups excluding carboxylic acids is 1. The van der Waals surface area contributed by atoms with Crippen LogP contribution in [0.5, 0.6) is 17.2 Å². The van der Waals surface area contributed by atoms with Gasteiger partial charge in [0.25, 0.3) is 0 Å².